The molecule has 11 heteroatoms. The number of carbonyl (C=O) groups excluding carboxylic acids is 2. The van der Waals surface area contributed by atoms with Gasteiger partial charge in [-0.15, -0.1) is 0 Å². The predicted octanol–water partition coefficient (Wildman–Crippen LogP) is 3.14. The molecule has 40 heavy (non-hydrogen) atoms. The highest BCUT2D eigenvalue weighted by Gasteiger charge is 2.34. The maximum Gasteiger partial charge on any atom is 0.244 e. The van der Waals surface area contributed by atoms with Crippen LogP contribution in [-0.4, -0.2) is 63.7 Å². The lowest BCUT2D eigenvalue weighted by molar-refractivity contribution is -0.139. The monoisotopic (exact) mass is 569 g/mol. The molecule has 0 radical (unpaired) electrons. The van der Waals surface area contributed by atoms with Gasteiger partial charge >= 0.3 is 0 Å². The Morgan fingerprint density at radius 2 is 1.65 bits per heavy atom. The van der Waals surface area contributed by atoms with Gasteiger partial charge < -0.3 is 19.7 Å². The van der Waals surface area contributed by atoms with Crippen LogP contribution in [0.4, 0.5) is 10.1 Å². The minimum absolute atomic E-state index is 0.144. The fraction of sp³-hybridized carbons (Fsp3) is 0.310. The molecular weight excluding hydrogens is 537 g/mol. The van der Waals surface area contributed by atoms with Crippen LogP contribution >= 0.6 is 0 Å². The summed E-state index contributed by atoms with van der Waals surface area (Å²) in [6.45, 7) is 1.31. The standard InChI is InChI=1S/C29H32FN3O6S/c1-3-40(36,37)33(23-13-14-26-27(18-23)39-16-15-38-26)20-28(34)32(19-22-11-7-8-12-24(22)30)25(29(35)31-2)17-21-9-5-4-6-10-21/h4-14,18,25H,3,15-17,19-20H2,1-2H3,(H,31,35). The zero-order valence-electron chi connectivity index (χ0n) is 22.4. The van der Waals surface area contributed by atoms with Crippen molar-refractivity contribution in [1.82, 2.24) is 10.2 Å². The maximum atomic E-state index is 14.7. The molecule has 0 aliphatic carbocycles. The lowest BCUT2D eigenvalue weighted by Crippen LogP contribution is -2.53. The molecule has 3 aromatic carbocycles. The molecule has 1 N–H and O–H groups in total. The normalized spacial score (nSPS) is 13.3. The van der Waals surface area contributed by atoms with E-state index in [4.69, 9.17) is 9.47 Å². The minimum Gasteiger partial charge on any atom is -0.486 e. The number of likely N-dealkylation sites (N-methyl/N-ethyl adjacent to an activating group) is 1. The van der Waals surface area contributed by atoms with Gasteiger partial charge in [-0.05, 0) is 30.7 Å². The number of sulfonamides is 1. The second kappa shape index (κ2) is 12.8. The van der Waals surface area contributed by atoms with Gasteiger partial charge in [0.1, 0.15) is 31.6 Å². The molecule has 3 aromatic rings. The van der Waals surface area contributed by atoms with Crippen LogP contribution in [0.2, 0.25) is 0 Å². The van der Waals surface area contributed by atoms with Crippen LogP contribution in [0.1, 0.15) is 18.1 Å². The fourth-order valence-electron chi connectivity index (χ4n) is 4.44. The van der Waals surface area contributed by atoms with Crippen molar-refractivity contribution >= 4 is 27.5 Å². The molecule has 212 valence electrons. The Kier molecular flexibility index (Phi) is 9.26. The number of ether oxygens (including phenoxy) is 2. The molecule has 0 bridgehead atoms. The topological polar surface area (TPSA) is 105 Å². The van der Waals surface area contributed by atoms with Crippen molar-refractivity contribution in [3.05, 3.63) is 89.7 Å². The number of nitrogens with zero attached hydrogens (tertiary/aromatic N) is 2. The average Bonchev–Trinajstić information content (AvgIpc) is 2.98. The maximum absolute atomic E-state index is 14.7. The molecule has 1 aliphatic rings. The van der Waals surface area contributed by atoms with Crippen molar-refractivity contribution in [3.8, 4) is 11.5 Å². The summed E-state index contributed by atoms with van der Waals surface area (Å²) in [5.41, 5.74) is 1.19. The van der Waals surface area contributed by atoms with Gasteiger partial charge in [0.2, 0.25) is 21.8 Å². The highest BCUT2D eigenvalue weighted by atomic mass is 32.2. The van der Waals surface area contributed by atoms with Gasteiger partial charge in [0.15, 0.2) is 11.5 Å². The lowest BCUT2D eigenvalue weighted by Gasteiger charge is -2.33. The summed E-state index contributed by atoms with van der Waals surface area (Å²) in [7, 11) is -2.49. The van der Waals surface area contributed by atoms with Crippen LogP contribution in [-0.2, 0) is 32.6 Å². The smallest absolute Gasteiger partial charge is 0.244 e. The van der Waals surface area contributed by atoms with Crippen molar-refractivity contribution in [2.75, 3.05) is 36.9 Å². The van der Waals surface area contributed by atoms with Crippen LogP contribution in [0.25, 0.3) is 0 Å². The van der Waals surface area contributed by atoms with E-state index < -0.39 is 40.2 Å². The molecule has 1 unspecified atom stereocenters. The van der Waals surface area contributed by atoms with Crippen LogP contribution in [0.3, 0.4) is 0 Å². The van der Waals surface area contributed by atoms with Crippen molar-refractivity contribution in [3.63, 3.8) is 0 Å². The highest BCUT2D eigenvalue weighted by Crippen LogP contribution is 2.35. The van der Waals surface area contributed by atoms with Crippen molar-refractivity contribution in [2.45, 2.75) is 25.9 Å². The second-order valence-corrected chi connectivity index (χ2v) is 11.3. The van der Waals surface area contributed by atoms with Gasteiger partial charge in [-0.1, -0.05) is 48.5 Å². The molecule has 0 saturated carbocycles. The predicted molar refractivity (Wildman–Crippen MR) is 149 cm³/mol. The number of halogens is 1. The Bertz CT molecular complexity index is 1450. The lowest BCUT2D eigenvalue weighted by atomic mass is 10.0. The van der Waals surface area contributed by atoms with Crippen molar-refractivity contribution in [1.29, 1.82) is 0 Å². The first-order valence-corrected chi connectivity index (χ1v) is 14.5. The summed E-state index contributed by atoms with van der Waals surface area (Å²) in [6, 6.07) is 18.7. The molecule has 0 aromatic heterocycles. The Morgan fingerprint density at radius 3 is 2.33 bits per heavy atom. The molecule has 0 saturated heterocycles. The summed E-state index contributed by atoms with van der Waals surface area (Å²) >= 11 is 0. The van der Waals surface area contributed by atoms with Gasteiger partial charge in [0.05, 0.1) is 11.4 Å². The largest absolute Gasteiger partial charge is 0.486 e. The third-order valence-corrected chi connectivity index (χ3v) is 8.35. The first-order chi connectivity index (χ1) is 19.2. The summed E-state index contributed by atoms with van der Waals surface area (Å²) in [6.07, 6.45) is 0.144. The van der Waals surface area contributed by atoms with Gasteiger partial charge in [0, 0.05) is 31.6 Å². The van der Waals surface area contributed by atoms with Gasteiger partial charge in [-0.3, -0.25) is 13.9 Å². The molecule has 2 amide bonds. The second-order valence-electron chi connectivity index (χ2n) is 9.17. The summed E-state index contributed by atoms with van der Waals surface area (Å²) in [4.78, 5) is 28.4. The average molecular weight is 570 g/mol. The summed E-state index contributed by atoms with van der Waals surface area (Å²) < 4.78 is 53.4. The Balaban J connectivity index is 1.74. The first kappa shape index (κ1) is 28.9. The molecular formula is C29H32FN3O6S. The van der Waals surface area contributed by atoms with E-state index in [0.29, 0.717) is 24.7 Å². The molecule has 9 nitrogen and oxygen atoms in total. The molecule has 0 fully saturated rings. The van der Waals surface area contributed by atoms with E-state index in [2.05, 4.69) is 5.32 Å². The summed E-state index contributed by atoms with van der Waals surface area (Å²) in [5, 5.41) is 2.59. The number of rotatable bonds is 11. The number of carbonyl (C=O) groups is 2. The SMILES string of the molecule is CCS(=O)(=O)N(CC(=O)N(Cc1ccccc1F)C(Cc1ccccc1)C(=O)NC)c1ccc2c(c1)OCCO2. The Morgan fingerprint density at radius 1 is 0.975 bits per heavy atom. The quantitative estimate of drug-likeness (QED) is 0.381. The highest BCUT2D eigenvalue weighted by molar-refractivity contribution is 7.92. The molecule has 1 atom stereocenters. The Labute approximate surface area is 233 Å². The number of hydrogen-bond acceptors (Lipinski definition) is 6. The van der Waals surface area contributed by atoms with E-state index in [9.17, 15) is 22.4 Å². The van der Waals surface area contributed by atoms with Gasteiger partial charge in [0.25, 0.3) is 0 Å². The third kappa shape index (κ3) is 6.71. The van der Waals surface area contributed by atoms with Crippen LogP contribution in [0, 0.1) is 5.82 Å². The number of hydrogen-bond donors (Lipinski definition) is 1. The number of benzene rings is 3. The van der Waals surface area contributed by atoms with Gasteiger partial charge in [-0.25, -0.2) is 12.8 Å². The number of nitrogens with one attached hydrogen (secondary N) is 1. The zero-order chi connectivity index (χ0) is 28.7. The van der Waals surface area contributed by atoms with E-state index in [1.807, 2.05) is 30.3 Å². The van der Waals surface area contributed by atoms with Crippen molar-refractivity contribution < 1.29 is 31.9 Å². The Hall–Kier alpha value is -4.12. The van der Waals surface area contributed by atoms with Crippen LogP contribution in [0.5, 0.6) is 11.5 Å². The van der Waals surface area contributed by atoms with E-state index in [-0.39, 0.29) is 30.0 Å². The fourth-order valence-corrected chi connectivity index (χ4v) is 5.49. The third-order valence-electron chi connectivity index (χ3n) is 6.61. The molecule has 0 spiro atoms. The van der Waals surface area contributed by atoms with E-state index in [1.54, 1.807) is 12.1 Å². The number of anilines is 1. The molecule has 4 rings (SSSR count). The number of fused-ring (bicyclic) bond motifs is 1. The van der Waals surface area contributed by atoms with Gasteiger partial charge in [-0.2, -0.15) is 0 Å². The zero-order valence-corrected chi connectivity index (χ0v) is 23.2. The van der Waals surface area contributed by atoms with E-state index in [1.165, 1.54) is 49.2 Å². The van der Waals surface area contributed by atoms with E-state index >= 15 is 0 Å². The molecule has 1 heterocycles. The van der Waals surface area contributed by atoms with E-state index in [0.717, 1.165) is 9.87 Å². The first-order valence-electron chi connectivity index (χ1n) is 12.9. The summed E-state index contributed by atoms with van der Waals surface area (Å²) in [5.74, 6) is -1.11. The number of amides is 2. The van der Waals surface area contributed by atoms with Crippen molar-refractivity contribution in [2.24, 2.45) is 0 Å². The van der Waals surface area contributed by atoms with Crippen LogP contribution in [0.15, 0.2) is 72.8 Å². The van der Waals surface area contributed by atoms with Crippen LogP contribution < -0.4 is 19.1 Å². The molecule has 1 aliphatic heterocycles. The minimum atomic E-state index is -3.95.